The molecule has 0 unspecified atom stereocenters. The summed E-state index contributed by atoms with van der Waals surface area (Å²) in [6.45, 7) is 0.210. The number of methoxy groups -OCH3 is 1. The Morgan fingerprint density at radius 3 is 2.73 bits per heavy atom. The van der Waals surface area contributed by atoms with Gasteiger partial charge in [-0.25, -0.2) is 4.79 Å². The van der Waals surface area contributed by atoms with E-state index in [1.54, 1.807) is 7.11 Å². The molecule has 1 aromatic carbocycles. The maximum Gasteiger partial charge on any atom is 0.338 e. The monoisotopic (exact) mass is 359 g/mol. The molecule has 1 aliphatic carbocycles. The SMILES string of the molecule is COc1cccc(CNC(=O)c2cc(C(=O)O)co2)c1OC1CCCC1. The molecule has 0 aliphatic heterocycles. The number of hydrogen-bond acceptors (Lipinski definition) is 5. The van der Waals surface area contributed by atoms with E-state index < -0.39 is 11.9 Å². The molecule has 1 fully saturated rings. The number of rotatable bonds is 7. The number of para-hydroxylation sites is 1. The summed E-state index contributed by atoms with van der Waals surface area (Å²) < 4.78 is 16.5. The van der Waals surface area contributed by atoms with Gasteiger partial charge in [-0.2, -0.15) is 0 Å². The fourth-order valence-electron chi connectivity index (χ4n) is 3.00. The van der Waals surface area contributed by atoms with Gasteiger partial charge >= 0.3 is 5.97 Å². The first-order chi connectivity index (χ1) is 12.6. The summed E-state index contributed by atoms with van der Waals surface area (Å²) >= 11 is 0. The third kappa shape index (κ3) is 3.99. The maximum atomic E-state index is 12.2. The van der Waals surface area contributed by atoms with Crippen LogP contribution in [0.3, 0.4) is 0 Å². The molecule has 7 nitrogen and oxygen atoms in total. The maximum absolute atomic E-state index is 12.2. The van der Waals surface area contributed by atoms with E-state index in [1.807, 2.05) is 18.2 Å². The average Bonchev–Trinajstić information content (AvgIpc) is 3.32. The molecular formula is C19H21NO6. The number of carbonyl (C=O) groups is 2. The molecule has 2 N–H and O–H groups in total. The van der Waals surface area contributed by atoms with Crippen LogP contribution in [0.5, 0.6) is 11.5 Å². The second-order valence-corrected chi connectivity index (χ2v) is 6.16. The zero-order valence-corrected chi connectivity index (χ0v) is 14.5. The van der Waals surface area contributed by atoms with Gasteiger partial charge in [0.25, 0.3) is 5.91 Å². The van der Waals surface area contributed by atoms with Crippen molar-refractivity contribution in [3.05, 3.63) is 47.4 Å². The van der Waals surface area contributed by atoms with Gasteiger partial charge in [-0.15, -0.1) is 0 Å². The number of hydrogen-bond donors (Lipinski definition) is 2. The molecule has 26 heavy (non-hydrogen) atoms. The van der Waals surface area contributed by atoms with Crippen LogP contribution in [0.2, 0.25) is 0 Å². The predicted molar refractivity (Wildman–Crippen MR) is 92.7 cm³/mol. The van der Waals surface area contributed by atoms with Crippen LogP contribution in [0.25, 0.3) is 0 Å². The average molecular weight is 359 g/mol. The molecule has 0 saturated heterocycles. The quantitative estimate of drug-likeness (QED) is 0.787. The van der Waals surface area contributed by atoms with Gasteiger partial charge in [-0.05, 0) is 31.7 Å². The summed E-state index contributed by atoms with van der Waals surface area (Å²) in [6, 6.07) is 6.70. The van der Waals surface area contributed by atoms with Crippen LogP contribution >= 0.6 is 0 Å². The van der Waals surface area contributed by atoms with E-state index in [-0.39, 0.29) is 24.0 Å². The summed E-state index contributed by atoms with van der Waals surface area (Å²) in [4.78, 5) is 23.1. The van der Waals surface area contributed by atoms with Crippen LogP contribution in [0.4, 0.5) is 0 Å². The van der Waals surface area contributed by atoms with Gasteiger partial charge in [-0.3, -0.25) is 4.79 Å². The molecule has 1 heterocycles. The lowest BCUT2D eigenvalue weighted by molar-refractivity contribution is 0.0695. The van der Waals surface area contributed by atoms with E-state index in [2.05, 4.69) is 5.32 Å². The Hall–Kier alpha value is -2.96. The van der Waals surface area contributed by atoms with Crippen LogP contribution in [0, 0.1) is 0 Å². The van der Waals surface area contributed by atoms with Crippen molar-refractivity contribution in [2.45, 2.75) is 38.3 Å². The van der Waals surface area contributed by atoms with Crippen LogP contribution in [-0.2, 0) is 6.54 Å². The molecule has 0 bridgehead atoms. The summed E-state index contributed by atoms with van der Waals surface area (Å²) in [7, 11) is 1.58. The Bertz CT molecular complexity index is 791. The largest absolute Gasteiger partial charge is 0.493 e. The fourth-order valence-corrected chi connectivity index (χ4v) is 3.00. The highest BCUT2D eigenvalue weighted by molar-refractivity contribution is 5.95. The van der Waals surface area contributed by atoms with Crippen molar-refractivity contribution < 1.29 is 28.6 Å². The normalized spacial score (nSPS) is 14.2. The van der Waals surface area contributed by atoms with Crippen molar-refractivity contribution in [1.82, 2.24) is 5.32 Å². The molecule has 7 heteroatoms. The van der Waals surface area contributed by atoms with Crippen molar-refractivity contribution >= 4 is 11.9 Å². The second kappa shape index (κ2) is 7.95. The first-order valence-corrected chi connectivity index (χ1v) is 8.51. The van der Waals surface area contributed by atoms with E-state index in [4.69, 9.17) is 19.0 Å². The van der Waals surface area contributed by atoms with E-state index in [9.17, 15) is 9.59 Å². The van der Waals surface area contributed by atoms with Gasteiger partial charge in [0.1, 0.15) is 6.26 Å². The molecule has 1 saturated carbocycles. The number of aromatic carboxylic acids is 1. The number of ether oxygens (including phenoxy) is 2. The topological polar surface area (TPSA) is 98.0 Å². The van der Waals surface area contributed by atoms with E-state index >= 15 is 0 Å². The van der Waals surface area contributed by atoms with Gasteiger partial charge in [0.15, 0.2) is 17.3 Å². The number of furan rings is 1. The van der Waals surface area contributed by atoms with E-state index in [0.717, 1.165) is 37.5 Å². The van der Waals surface area contributed by atoms with Crippen LogP contribution < -0.4 is 14.8 Å². The number of carboxylic acid groups (broad SMARTS) is 1. The van der Waals surface area contributed by atoms with E-state index in [0.29, 0.717) is 11.5 Å². The number of carboxylic acids is 1. The molecule has 1 amide bonds. The molecular weight excluding hydrogens is 338 g/mol. The Kier molecular flexibility index (Phi) is 5.46. The molecule has 3 rings (SSSR count). The molecule has 1 aliphatic rings. The van der Waals surface area contributed by atoms with Crippen LogP contribution in [-0.4, -0.2) is 30.2 Å². The number of carbonyl (C=O) groups excluding carboxylic acids is 1. The van der Waals surface area contributed by atoms with Crippen molar-refractivity contribution in [3.8, 4) is 11.5 Å². The first kappa shape index (κ1) is 17.8. The van der Waals surface area contributed by atoms with E-state index in [1.165, 1.54) is 6.07 Å². The van der Waals surface area contributed by atoms with Gasteiger partial charge in [0, 0.05) is 18.2 Å². The number of benzene rings is 1. The number of amides is 1. The first-order valence-electron chi connectivity index (χ1n) is 8.51. The molecule has 2 aromatic rings. The van der Waals surface area contributed by atoms with Crippen molar-refractivity contribution in [2.24, 2.45) is 0 Å². The zero-order valence-electron chi connectivity index (χ0n) is 14.5. The Morgan fingerprint density at radius 1 is 1.31 bits per heavy atom. The Morgan fingerprint density at radius 2 is 2.08 bits per heavy atom. The highest BCUT2D eigenvalue weighted by atomic mass is 16.5. The minimum atomic E-state index is -1.15. The second-order valence-electron chi connectivity index (χ2n) is 6.16. The number of nitrogens with one attached hydrogen (secondary N) is 1. The summed E-state index contributed by atoms with van der Waals surface area (Å²) in [5, 5.41) is 11.6. The predicted octanol–water partition coefficient (Wildman–Crippen LogP) is 3.24. The van der Waals surface area contributed by atoms with Crippen molar-refractivity contribution in [1.29, 1.82) is 0 Å². The summed E-state index contributed by atoms with van der Waals surface area (Å²) in [5.74, 6) is -0.439. The molecule has 0 spiro atoms. The van der Waals surface area contributed by atoms with Crippen molar-refractivity contribution in [3.63, 3.8) is 0 Å². The molecule has 0 radical (unpaired) electrons. The molecule has 138 valence electrons. The Balaban J connectivity index is 1.71. The Labute approximate surface area is 150 Å². The van der Waals surface area contributed by atoms with Gasteiger partial charge in [-0.1, -0.05) is 12.1 Å². The van der Waals surface area contributed by atoms with Crippen LogP contribution in [0.1, 0.15) is 52.2 Å². The third-order valence-corrected chi connectivity index (χ3v) is 4.38. The minimum absolute atomic E-state index is 0.0523. The smallest absolute Gasteiger partial charge is 0.338 e. The summed E-state index contributed by atoms with van der Waals surface area (Å²) in [6.07, 6.45) is 5.51. The summed E-state index contributed by atoms with van der Waals surface area (Å²) in [5.41, 5.74) is 0.719. The highest BCUT2D eigenvalue weighted by Gasteiger charge is 2.21. The van der Waals surface area contributed by atoms with Crippen molar-refractivity contribution in [2.75, 3.05) is 7.11 Å². The fraction of sp³-hybridized carbons (Fsp3) is 0.368. The van der Waals surface area contributed by atoms with Crippen LogP contribution in [0.15, 0.2) is 34.9 Å². The standard InChI is InChI=1S/C19H21NO6/c1-24-15-8-4-5-12(17(15)26-14-6-2-3-7-14)10-20-18(21)16-9-13(11-25-16)19(22)23/h4-5,8-9,11,14H,2-3,6-7,10H2,1H3,(H,20,21)(H,22,23). The molecule has 1 aromatic heterocycles. The zero-order chi connectivity index (χ0) is 18.5. The lowest BCUT2D eigenvalue weighted by atomic mass is 10.1. The van der Waals surface area contributed by atoms with Gasteiger partial charge in [0.2, 0.25) is 0 Å². The molecule has 0 atom stereocenters. The van der Waals surface area contributed by atoms with Gasteiger partial charge in [0.05, 0.1) is 18.8 Å². The third-order valence-electron chi connectivity index (χ3n) is 4.38. The lowest BCUT2D eigenvalue weighted by Crippen LogP contribution is -2.23. The minimum Gasteiger partial charge on any atom is -0.493 e. The lowest BCUT2D eigenvalue weighted by Gasteiger charge is -2.19. The van der Waals surface area contributed by atoms with Gasteiger partial charge < -0.3 is 24.3 Å². The highest BCUT2D eigenvalue weighted by Crippen LogP contribution is 2.34.